The third-order valence-electron chi connectivity index (χ3n) is 11.0. The van der Waals surface area contributed by atoms with Crippen molar-refractivity contribution >= 4 is 26.4 Å². The van der Waals surface area contributed by atoms with Gasteiger partial charge in [0.15, 0.2) is 0 Å². The molecule has 2 aliphatic rings. The molecule has 0 N–H and O–H groups in total. The second kappa shape index (κ2) is 14.7. The predicted molar refractivity (Wildman–Crippen MR) is 230 cm³/mol. The molecule has 6 aromatic rings. The van der Waals surface area contributed by atoms with E-state index >= 15 is 0 Å². The molecule has 0 amide bonds. The van der Waals surface area contributed by atoms with E-state index in [2.05, 4.69) is 187 Å². The van der Waals surface area contributed by atoms with Gasteiger partial charge in [-0.15, -0.1) is 0 Å². The molecule has 0 saturated heterocycles. The SMILES string of the molecule is CC(C)(C)c1cc2c(cc1-c1ccccc1)[CH]([Zr](=[C](c1cccc(Cl)c1)c1cccc(Cl)c1)[CH]1C=CC=C1)c1cc(-c3ccccc3)c(C(C)(C)C)cc1-2. The van der Waals surface area contributed by atoms with Crippen LogP contribution in [0.2, 0.25) is 13.7 Å². The Labute approximate surface area is 339 Å². The van der Waals surface area contributed by atoms with Crippen LogP contribution < -0.4 is 0 Å². The molecule has 0 aliphatic heterocycles. The third kappa shape index (κ3) is 7.05. The van der Waals surface area contributed by atoms with Crippen molar-refractivity contribution in [1.29, 1.82) is 0 Å². The summed E-state index contributed by atoms with van der Waals surface area (Å²) in [5.74, 6) is 0. The standard InChI is InChI=1S/C33H33.C13H8Cl2.C5H5.Zr/c1-32(2,3)30-20-26-24(18-28(30)22-13-9-7-10-14-22)17-25-19-29(23-15-11-8-12-16-23)31(21-27(25)26)33(4,5)6;14-12-5-1-3-10(8-12)7-11-4-2-6-13(15)9-11;1-2-4-5-3-1;/h7-21H,1-6H3;1-6,8-9H;1-5H;. The first kappa shape index (κ1) is 37.1. The molecule has 0 heterocycles. The number of allylic oxidation sites excluding steroid dienone is 4. The molecule has 0 nitrogen and oxygen atoms in total. The van der Waals surface area contributed by atoms with Crippen molar-refractivity contribution in [2.45, 2.75) is 59.6 Å². The summed E-state index contributed by atoms with van der Waals surface area (Å²) in [7, 11) is 0. The molecule has 3 heteroatoms. The predicted octanol–water partition coefficient (Wildman–Crippen LogP) is 14.8. The van der Waals surface area contributed by atoms with E-state index in [1.807, 2.05) is 12.1 Å². The van der Waals surface area contributed by atoms with Crippen molar-refractivity contribution in [1.82, 2.24) is 0 Å². The summed E-state index contributed by atoms with van der Waals surface area (Å²) in [6.07, 6.45) is 9.44. The zero-order valence-corrected chi connectivity index (χ0v) is 35.9. The van der Waals surface area contributed by atoms with Crippen LogP contribution in [0.4, 0.5) is 0 Å². The van der Waals surface area contributed by atoms with Crippen LogP contribution in [0.15, 0.2) is 158 Å². The van der Waals surface area contributed by atoms with Gasteiger partial charge in [0.1, 0.15) is 0 Å². The minimum atomic E-state index is -3.04. The van der Waals surface area contributed by atoms with Gasteiger partial charge < -0.3 is 0 Å². The molecule has 0 aromatic heterocycles. The first-order valence-corrected chi connectivity index (χ1v) is 23.8. The normalized spacial score (nSPS) is 14.0. The van der Waals surface area contributed by atoms with Gasteiger partial charge in [0.05, 0.1) is 0 Å². The van der Waals surface area contributed by atoms with Crippen LogP contribution in [-0.4, -0.2) is 3.21 Å². The first-order valence-electron chi connectivity index (χ1n) is 19.0. The summed E-state index contributed by atoms with van der Waals surface area (Å²) in [5, 5.41) is 1.50. The second-order valence-corrected chi connectivity index (χ2v) is 24.2. The molecule has 8 rings (SSSR count). The minimum absolute atomic E-state index is 0.0628. The molecule has 6 aromatic carbocycles. The average molecular weight is 821 g/mol. The number of halogens is 2. The molecule has 0 atom stereocenters. The van der Waals surface area contributed by atoms with Crippen molar-refractivity contribution < 1.29 is 21.3 Å². The van der Waals surface area contributed by atoms with Crippen molar-refractivity contribution in [2.24, 2.45) is 0 Å². The third-order valence-corrected chi connectivity index (χ3v) is 20.1. The number of benzene rings is 6. The van der Waals surface area contributed by atoms with Crippen LogP contribution in [0, 0.1) is 0 Å². The fourth-order valence-electron chi connectivity index (χ4n) is 8.56. The van der Waals surface area contributed by atoms with E-state index in [4.69, 9.17) is 23.2 Å². The zero-order valence-electron chi connectivity index (χ0n) is 31.9. The van der Waals surface area contributed by atoms with E-state index in [0.29, 0.717) is 3.63 Å². The summed E-state index contributed by atoms with van der Waals surface area (Å²) >= 11 is 10.7. The molecule has 0 fully saturated rings. The van der Waals surface area contributed by atoms with Crippen molar-refractivity contribution in [2.75, 3.05) is 0 Å². The molecule has 268 valence electrons. The Hall–Kier alpha value is -3.87. The molecular formula is C51H46Cl2Zr. The van der Waals surface area contributed by atoms with Gasteiger partial charge in [-0.2, -0.15) is 0 Å². The van der Waals surface area contributed by atoms with Crippen molar-refractivity contribution in [3.05, 3.63) is 201 Å². The zero-order chi connectivity index (χ0) is 37.8. The molecule has 0 bridgehead atoms. The summed E-state index contributed by atoms with van der Waals surface area (Å²) < 4.78 is 1.99. The molecular weight excluding hydrogens is 775 g/mol. The van der Waals surface area contributed by atoms with Crippen LogP contribution in [0.5, 0.6) is 0 Å². The van der Waals surface area contributed by atoms with E-state index in [-0.39, 0.29) is 14.5 Å². The number of rotatable bonds is 6. The quantitative estimate of drug-likeness (QED) is 0.157. The molecule has 0 saturated carbocycles. The van der Waals surface area contributed by atoms with Gasteiger partial charge in [0, 0.05) is 0 Å². The topological polar surface area (TPSA) is 0 Å². The Morgan fingerprint density at radius 3 is 1.30 bits per heavy atom. The maximum absolute atomic E-state index is 6.85. The van der Waals surface area contributed by atoms with E-state index in [9.17, 15) is 0 Å². The molecule has 54 heavy (non-hydrogen) atoms. The van der Waals surface area contributed by atoms with Crippen LogP contribution in [0.25, 0.3) is 33.4 Å². The molecule has 2 aliphatic carbocycles. The monoisotopic (exact) mass is 818 g/mol. The van der Waals surface area contributed by atoms with Gasteiger partial charge in [0.25, 0.3) is 0 Å². The Morgan fingerprint density at radius 2 is 0.907 bits per heavy atom. The summed E-state index contributed by atoms with van der Waals surface area (Å²) in [6, 6.07) is 49.4. The van der Waals surface area contributed by atoms with E-state index in [0.717, 1.165) is 10.0 Å². The molecule has 0 unspecified atom stereocenters. The average Bonchev–Trinajstić information content (AvgIpc) is 3.79. The van der Waals surface area contributed by atoms with E-state index < -0.39 is 21.3 Å². The number of fused-ring (bicyclic) bond motifs is 3. The Balaban J connectivity index is 1.56. The van der Waals surface area contributed by atoms with Crippen molar-refractivity contribution in [3.8, 4) is 33.4 Å². The van der Waals surface area contributed by atoms with Gasteiger partial charge in [-0.1, -0.05) is 0 Å². The Kier molecular flexibility index (Phi) is 10.1. The van der Waals surface area contributed by atoms with Crippen LogP contribution in [-0.2, 0) is 32.1 Å². The maximum atomic E-state index is 6.85. The Bertz CT molecular complexity index is 2310. The molecule has 0 radical (unpaired) electrons. The molecule has 0 spiro atoms. The number of hydrogen-bond donors (Lipinski definition) is 0. The van der Waals surface area contributed by atoms with E-state index in [1.54, 1.807) is 0 Å². The van der Waals surface area contributed by atoms with Gasteiger partial charge >= 0.3 is 342 Å². The first-order chi connectivity index (χ1) is 25.9. The second-order valence-electron chi connectivity index (χ2n) is 16.8. The van der Waals surface area contributed by atoms with Crippen molar-refractivity contribution in [3.63, 3.8) is 0 Å². The summed E-state index contributed by atoms with van der Waals surface area (Å²) in [4.78, 5) is 0. The van der Waals surface area contributed by atoms with Crippen LogP contribution in [0.3, 0.4) is 0 Å². The summed E-state index contributed by atoms with van der Waals surface area (Å²) in [6.45, 7) is 14.1. The van der Waals surface area contributed by atoms with Gasteiger partial charge in [-0.05, 0) is 0 Å². The fourth-order valence-corrected chi connectivity index (χ4v) is 18.2. The number of hydrogen-bond acceptors (Lipinski definition) is 0. The van der Waals surface area contributed by atoms with Gasteiger partial charge in [0.2, 0.25) is 0 Å². The van der Waals surface area contributed by atoms with E-state index in [1.165, 1.54) is 70.0 Å². The van der Waals surface area contributed by atoms with Gasteiger partial charge in [-0.25, -0.2) is 0 Å². The van der Waals surface area contributed by atoms with Gasteiger partial charge in [-0.3, -0.25) is 0 Å². The van der Waals surface area contributed by atoms with Crippen LogP contribution >= 0.6 is 23.2 Å². The van der Waals surface area contributed by atoms with Crippen LogP contribution in [0.1, 0.15) is 78.5 Å². The Morgan fingerprint density at radius 1 is 0.481 bits per heavy atom. The summed E-state index contributed by atoms with van der Waals surface area (Å²) in [5.41, 5.74) is 15.9. The fraction of sp³-hybridized carbons (Fsp3) is 0.196.